The number of allylic oxidation sites excluding steroid dienone is 1. The first-order valence-electron chi connectivity index (χ1n) is 10.5. The molecule has 1 aliphatic carbocycles. The van der Waals surface area contributed by atoms with Crippen molar-refractivity contribution in [3.8, 4) is 17.2 Å². The summed E-state index contributed by atoms with van der Waals surface area (Å²) in [5, 5.41) is 0.983. The number of carbonyl (C=O) groups is 2. The van der Waals surface area contributed by atoms with Crippen LogP contribution in [0, 0.1) is 12.8 Å². The highest BCUT2D eigenvalue weighted by Crippen LogP contribution is 2.41. The topological polar surface area (TPSA) is 66.8 Å². The monoisotopic (exact) mass is 417 g/mol. The number of fused-ring (bicyclic) bond motifs is 2. The van der Waals surface area contributed by atoms with Crippen molar-refractivity contribution in [1.82, 2.24) is 4.57 Å². The van der Waals surface area contributed by atoms with Gasteiger partial charge in [0.25, 0.3) is 0 Å². The summed E-state index contributed by atoms with van der Waals surface area (Å²) in [4.78, 5) is 25.1. The predicted molar refractivity (Wildman–Crippen MR) is 117 cm³/mol. The van der Waals surface area contributed by atoms with Gasteiger partial charge in [-0.1, -0.05) is 0 Å². The fourth-order valence-electron chi connectivity index (χ4n) is 3.94. The Morgan fingerprint density at radius 2 is 2.06 bits per heavy atom. The lowest BCUT2D eigenvalue weighted by molar-refractivity contribution is -0.135. The van der Waals surface area contributed by atoms with Crippen LogP contribution in [0.3, 0.4) is 0 Å². The van der Waals surface area contributed by atoms with E-state index in [2.05, 4.69) is 11.5 Å². The number of Topliss-reactive ketones (excluding diaryl/α,β-unsaturated/α-hetero) is 1. The highest BCUT2D eigenvalue weighted by atomic mass is 16.5. The molecule has 0 atom stereocenters. The van der Waals surface area contributed by atoms with Gasteiger partial charge in [-0.05, 0) is 63.1 Å². The second-order valence-electron chi connectivity index (χ2n) is 7.95. The highest BCUT2D eigenvalue weighted by Gasteiger charge is 2.34. The normalized spacial score (nSPS) is 16.5. The third-order valence-electron chi connectivity index (χ3n) is 5.90. The Bertz CT molecular complexity index is 1260. The van der Waals surface area contributed by atoms with Crippen LogP contribution in [0.4, 0.5) is 0 Å². The zero-order valence-corrected chi connectivity index (χ0v) is 17.7. The molecular weight excluding hydrogens is 394 g/mol. The van der Waals surface area contributed by atoms with E-state index in [1.807, 2.05) is 24.4 Å². The average Bonchev–Trinajstić information content (AvgIpc) is 3.51. The number of nitrogens with zero attached hydrogens (tertiary/aromatic N) is 1. The predicted octanol–water partition coefficient (Wildman–Crippen LogP) is 4.91. The summed E-state index contributed by atoms with van der Waals surface area (Å²) in [5.74, 6) is 1.50. The third-order valence-corrected chi connectivity index (χ3v) is 5.90. The summed E-state index contributed by atoms with van der Waals surface area (Å²) in [6, 6.07) is 9.23. The Hall–Kier alpha value is -3.54. The fourth-order valence-corrected chi connectivity index (χ4v) is 3.94. The molecule has 158 valence electrons. The van der Waals surface area contributed by atoms with Crippen LogP contribution in [0.5, 0.6) is 17.2 Å². The van der Waals surface area contributed by atoms with Crippen LogP contribution in [-0.4, -0.2) is 23.4 Å². The largest absolute Gasteiger partial charge is 0.497 e. The van der Waals surface area contributed by atoms with Gasteiger partial charge in [-0.3, -0.25) is 9.59 Å². The van der Waals surface area contributed by atoms with Crippen molar-refractivity contribution in [2.24, 2.45) is 5.92 Å². The minimum atomic E-state index is -0.218. The first-order chi connectivity index (χ1) is 15.0. The van der Waals surface area contributed by atoms with E-state index in [9.17, 15) is 9.59 Å². The number of aryl methyl sites for hydroxylation is 1. The van der Waals surface area contributed by atoms with Crippen molar-refractivity contribution < 1.29 is 23.8 Å². The maximum Gasteiger partial charge on any atom is 0.314 e. The lowest BCUT2D eigenvalue weighted by Crippen LogP contribution is -2.10. The number of benzene rings is 2. The van der Waals surface area contributed by atoms with Crippen molar-refractivity contribution in [2.75, 3.05) is 7.11 Å². The van der Waals surface area contributed by atoms with E-state index in [0.717, 1.165) is 41.6 Å². The molecule has 6 nitrogen and oxygen atoms in total. The first kappa shape index (κ1) is 19.4. The number of esters is 1. The van der Waals surface area contributed by atoms with Gasteiger partial charge in [0, 0.05) is 34.8 Å². The molecule has 1 aliphatic heterocycles. The maximum atomic E-state index is 13.0. The second-order valence-corrected chi connectivity index (χ2v) is 7.95. The molecule has 6 heteroatoms. The molecule has 0 amide bonds. The lowest BCUT2D eigenvalue weighted by atomic mass is 10.1. The van der Waals surface area contributed by atoms with Gasteiger partial charge in [-0.25, -0.2) is 0 Å². The lowest BCUT2D eigenvalue weighted by Gasteiger charge is -2.09. The van der Waals surface area contributed by atoms with Crippen molar-refractivity contribution >= 4 is 28.7 Å². The molecule has 3 aromatic rings. The van der Waals surface area contributed by atoms with Crippen molar-refractivity contribution in [1.29, 1.82) is 0 Å². The number of hydrogen-bond donors (Lipinski definition) is 0. The van der Waals surface area contributed by atoms with E-state index in [-0.39, 0.29) is 23.4 Å². The summed E-state index contributed by atoms with van der Waals surface area (Å²) in [6.45, 7) is 4.68. The van der Waals surface area contributed by atoms with Gasteiger partial charge in [0.1, 0.15) is 17.2 Å². The molecule has 0 unspecified atom stereocenters. The van der Waals surface area contributed by atoms with Crippen molar-refractivity contribution in [3.63, 3.8) is 0 Å². The molecule has 0 radical (unpaired) electrons. The van der Waals surface area contributed by atoms with E-state index in [1.54, 1.807) is 32.2 Å². The summed E-state index contributed by atoms with van der Waals surface area (Å²) < 4.78 is 19.0. The molecule has 0 saturated heterocycles. The SMILES string of the molecule is CCn1cc(/C=C2/Oc3c(ccc(OC(=O)C4CC4)c3C)C2=O)c2cc(OC)ccc21. The van der Waals surface area contributed by atoms with E-state index < -0.39 is 0 Å². The molecule has 0 bridgehead atoms. The Morgan fingerprint density at radius 3 is 2.77 bits per heavy atom. The molecule has 1 saturated carbocycles. The Balaban J connectivity index is 1.52. The van der Waals surface area contributed by atoms with Gasteiger partial charge in [0.15, 0.2) is 5.76 Å². The van der Waals surface area contributed by atoms with Crippen LogP contribution >= 0.6 is 0 Å². The van der Waals surface area contributed by atoms with Crippen LogP contribution in [-0.2, 0) is 11.3 Å². The summed E-state index contributed by atoms with van der Waals surface area (Å²) in [7, 11) is 1.63. The van der Waals surface area contributed by atoms with Gasteiger partial charge in [0.2, 0.25) is 5.78 Å². The van der Waals surface area contributed by atoms with Gasteiger partial charge in [-0.15, -0.1) is 0 Å². The zero-order chi connectivity index (χ0) is 21.7. The fraction of sp³-hybridized carbons (Fsp3) is 0.280. The smallest absolute Gasteiger partial charge is 0.314 e. The van der Waals surface area contributed by atoms with E-state index in [0.29, 0.717) is 22.6 Å². The quantitative estimate of drug-likeness (QED) is 0.335. The Morgan fingerprint density at radius 1 is 1.26 bits per heavy atom. The third kappa shape index (κ3) is 3.28. The second kappa shape index (κ2) is 7.30. The molecule has 31 heavy (non-hydrogen) atoms. The molecule has 5 rings (SSSR count). The maximum absolute atomic E-state index is 13.0. The number of rotatable bonds is 5. The van der Waals surface area contributed by atoms with E-state index in [4.69, 9.17) is 14.2 Å². The zero-order valence-electron chi connectivity index (χ0n) is 17.7. The van der Waals surface area contributed by atoms with Crippen molar-refractivity contribution in [2.45, 2.75) is 33.2 Å². The number of ketones is 1. The number of hydrogen-bond acceptors (Lipinski definition) is 5. The van der Waals surface area contributed by atoms with E-state index in [1.165, 1.54) is 0 Å². The average molecular weight is 417 g/mol. The van der Waals surface area contributed by atoms with Crippen LogP contribution in [0.15, 0.2) is 42.3 Å². The number of methoxy groups -OCH3 is 1. The Kier molecular flexibility index (Phi) is 4.58. The van der Waals surface area contributed by atoms with Gasteiger partial charge < -0.3 is 18.8 Å². The van der Waals surface area contributed by atoms with Gasteiger partial charge in [0.05, 0.1) is 18.6 Å². The van der Waals surface area contributed by atoms with Crippen LogP contribution < -0.4 is 14.2 Å². The first-order valence-corrected chi connectivity index (χ1v) is 10.5. The number of ether oxygens (including phenoxy) is 3. The molecule has 1 fully saturated rings. The molecular formula is C25H23NO5. The van der Waals surface area contributed by atoms with Crippen LogP contribution in [0.1, 0.15) is 41.3 Å². The summed E-state index contributed by atoms with van der Waals surface area (Å²) in [5.41, 5.74) is 3.07. The molecule has 0 spiro atoms. The molecule has 0 N–H and O–H groups in total. The van der Waals surface area contributed by atoms with Crippen LogP contribution in [0.25, 0.3) is 17.0 Å². The van der Waals surface area contributed by atoms with Crippen molar-refractivity contribution in [3.05, 3.63) is 59.0 Å². The molecule has 2 aliphatic rings. The summed E-state index contributed by atoms with van der Waals surface area (Å²) in [6.07, 6.45) is 5.53. The standard InChI is InChI=1S/C25H23NO5/c1-4-26-13-16(19-12-17(29-3)7-9-20(19)26)11-22-23(27)18-8-10-21(14(2)24(18)30-22)31-25(28)15-5-6-15/h7-13,15H,4-6H2,1-3H3/b22-11+. The van der Waals surface area contributed by atoms with Gasteiger partial charge >= 0.3 is 5.97 Å². The number of carbonyl (C=O) groups excluding carboxylic acids is 2. The highest BCUT2D eigenvalue weighted by molar-refractivity contribution is 6.15. The van der Waals surface area contributed by atoms with Crippen LogP contribution in [0.2, 0.25) is 0 Å². The molecule has 2 aromatic carbocycles. The van der Waals surface area contributed by atoms with Gasteiger partial charge in [-0.2, -0.15) is 0 Å². The number of aromatic nitrogens is 1. The minimum absolute atomic E-state index is 0.00136. The summed E-state index contributed by atoms with van der Waals surface area (Å²) >= 11 is 0. The minimum Gasteiger partial charge on any atom is -0.497 e. The molecule has 2 heterocycles. The molecule has 1 aromatic heterocycles. The van der Waals surface area contributed by atoms with E-state index >= 15 is 0 Å². The Labute approximate surface area is 180 Å².